The summed E-state index contributed by atoms with van der Waals surface area (Å²) in [5.74, 6) is 0.644. The number of anilines is 1. The van der Waals surface area contributed by atoms with Crippen LogP contribution in [0.2, 0.25) is 0 Å². The van der Waals surface area contributed by atoms with Gasteiger partial charge in [0.2, 0.25) is 10.0 Å². The summed E-state index contributed by atoms with van der Waals surface area (Å²) >= 11 is 0. The first-order chi connectivity index (χ1) is 10.4. The Balaban J connectivity index is 1.85. The molecule has 2 rings (SSSR count). The Labute approximate surface area is 129 Å². The zero-order valence-corrected chi connectivity index (χ0v) is 13.0. The Morgan fingerprint density at radius 2 is 2.05 bits per heavy atom. The van der Waals surface area contributed by atoms with Gasteiger partial charge in [0.25, 0.3) is 5.91 Å². The number of amides is 1. The molecule has 6 nitrogen and oxygen atoms in total. The van der Waals surface area contributed by atoms with E-state index in [9.17, 15) is 13.2 Å². The molecule has 0 saturated carbocycles. The van der Waals surface area contributed by atoms with E-state index in [1.54, 1.807) is 24.5 Å². The Bertz CT molecular complexity index is 724. The number of hydrogen-bond donors (Lipinski definition) is 2. The van der Waals surface area contributed by atoms with Gasteiger partial charge in [-0.05, 0) is 36.8 Å². The fraction of sp³-hybridized carbons (Fsp3) is 0.267. The zero-order chi connectivity index (χ0) is 16.0. The third kappa shape index (κ3) is 5.25. The normalized spacial score (nSPS) is 11.1. The maximum absolute atomic E-state index is 12.0. The molecule has 7 heteroatoms. The zero-order valence-electron chi connectivity index (χ0n) is 12.2. The van der Waals surface area contributed by atoms with Gasteiger partial charge >= 0.3 is 0 Å². The Morgan fingerprint density at radius 3 is 2.73 bits per heavy atom. The molecule has 0 spiro atoms. The van der Waals surface area contributed by atoms with Crippen molar-refractivity contribution in [3.63, 3.8) is 0 Å². The van der Waals surface area contributed by atoms with Crippen molar-refractivity contribution in [3.05, 3.63) is 54.0 Å². The summed E-state index contributed by atoms with van der Waals surface area (Å²) in [4.78, 5) is 12.0. The molecular weight excluding hydrogens is 304 g/mol. The van der Waals surface area contributed by atoms with E-state index in [1.807, 2.05) is 12.1 Å². The Hall–Kier alpha value is -2.28. The molecular formula is C15H18N2O4S. The van der Waals surface area contributed by atoms with Gasteiger partial charge in [-0.25, -0.2) is 8.42 Å². The van der Waals surface area contributed by atoms with Crippen molar-refractivity contribution >= 4 is 21.6 Å². The number of hydrogen-bond acceptors (Lipinski definition) is 4. The lowest BCUT2D eigenvalue weighted by Gasteiger charge is -2.07. The van der Waals surface area contributed by atoms with Gasteiger partial charge in [0.05, 0.1) is 12.5 Å². The molecule has 0 aliphatic carbocycles. The molecule has 0 aliphatic heterocycles. The standard InChI is InChI=1S/C15H18N2O4S/c1-22(19,20)17-13-6-2-5-12(11-13)15(18)16-9-3-7-14-8-4-10-21-14/h2,4-6,8,10-11,17H,3,7,9H2,1H3,(H,16,18). The largest absolute Gasteiger partial charge is 0.469 e. The first-order valence-corrected chi connectivity index (χ1v) is 8.71. The number of carbonyl (C=O) groups excluding carboxylic acids is 1. The third-order valence-electron chi connectivity index (χ3n) is 2.89. The predicted molar refractivity (Wildman–Crippen MR) is 84.3 cm³/mol. The summed E-state index contributed by atoms with van der Waals surface area (Å²) < 4.78 is 29.9. The second-order valence-corrected chi connectivity index (χ2v) is 6.64. The van der Waals surface area contributed by atoms with Gasteiger partial charge in [-0.2, -0.15) is 0 Å². The third-order valence-corrected chi connectivity index (χ3v) is 3.50. The first kappa shape index (κ1) is 16.1. The maximum atomic E-state index is 12.0. The molecule has 2 aromatic rings. The average Bonchev–Trinajstić information content (AvgIpc) is 2.95. The summed E-state index contributed by atoms with van der Waals surface area (Å²) in [6, 6.07) is 10.1. The van der Waals surface area contributed by atoms with E-state index in [1.165, 1.54) is 6.07 Å². The van der Waals surface area contributed by atoms with Crippen LogP contribution in [0.4, 0.5) is 5.69 Å². The van der Waals surface area contributed by atoms with Crippen molar-refractivity contribution in [3.8, 4) is 0 Å². The van der Waals surface area contributed by atoms with Gasteiger partial charge in [0.15, 0.2) is 0 Å². The molecule has 0 fully saturated rings. The molecule has 0 saturated heterocycles. The number of rotatable bonds is 7. The number of carbonyl (C=O) groups is 1. The maximum Gasteiger partial charge on any atom is 0.251 e. The number of sulfonamides is 1. The van der Waals surface area contributed by atoms with E-state index < -0.39 is 10.0 Å². The van der Waals surface area contributed by atoms with E-state index >= 15 is 0 Å². The van der Waals surface area contributed by atoms with Gasteiger partial charge in [0.1, 0.15) is 5.76 Å². The predicted octanol–water partition coefficient (Wildman–Crippen LogP) is 2.01. The molecule has 2 N–H and O–H groups in total. The van der Waals surface area contributed by atoms with E-state index in [4.69, 9.17) is 4.42 Å². The summed E-state index contributed by atoms with van der Waals surface area (Å²) in [6.45, 7) is 0.517. The van der Waals surface area contributed by atoms with E-state index in [2.05, 4.69) is 10.0 Å². The Morgan fingerprint density at radius 1 is 1.23 bits per heavy atom. The van der Waals surface area contributed by atoms with Crippen molar-refractivity contribution in [2.75, 3.05) is 17.5 Å². The molecule has 0 aliphatic rings. The topological polar surface area (TPSA) is 88.4 Å². The van der Waals surface area contributed by atoms with Gasteiger partial charge < -0.3 is 9.73 Å². The van der Waals surface area contributed by atoms with E-state index in [0.29, 0.717) is 17.8 Å². The van der Waals surface area contributed by atoms with Gasteiger partial charge in [-0.3, -0.25) is 9.52 Å². The highest BCUT2D eigenvalue weighted by atomic mass is 32.2. The monoisotopic (exact) mass is 322 g/mol. The molecule has 0 radical (unpaired) electrons. The van der Waals surface area contributed by atoms with Crippen LogP contribution >= 0.6 is 0 Å². The van der Waals surface area contributed by atoms with Crippen LogP contribution in [0.15, 0.2) is 47.1 Å². The van der Waals surface area contributed by atoms with Gasteiger partial charge in [0, 0.05) is 24.2 Å². The van der Waals surface area contributed by atoms with Crippen molar-refractivity contribution < 1.29 is 17.6 Å². The van der Waals surface area contributed by atoms with Crippen LogP contribution in [0.1, 0.15) is 22.5 Å². The van der Waals surface area contributed by atoms with Crippen LogP contribution in [0, 0.1) is 0 Å². The SMILES string of the molecule is CS(=O)(=O)Nc1cccc(C(=O)NCCCc2ccco2)c1. The van der Waals surface area contributed by atoms with E-state index in [-0.39, 0.29) is 5.91 Å². The molecule has 1 amide bonds. The fourth-order valence-corrected chi connectivity index (χ4v) is 2.51. The number of nitrogens with one attached hydrogen (secondary N) is 2. The van der Waals surface area contributed by atoms with Crippen LogP contribution in [0.5, 0.6) is 0 Å². The summed E-state index contributed by atoms with van der Waals surface area (Å²) in [5, 5.41) is 2.79. The second kappa shape index (κ2) is 7.13. The quantitative estimate of drug-likeness (QED) is 0.763. The minimum atomic E-state index is -3.36. The number of furan rings is 1. The lowest BCUT2D eigenvalue weighted by Crippen LogP contribution is -2.24. The lowest BCUT2D eigenvalue weighted by atomic mass is 10.2. The summed E-state index contributed by atoms with van der Waals surface area (Å²) in [6.07, 6.45) is 4.20. The van der Waals surface area contributed by atoms with Gasteiger partial charge in [-0.15, -0.1) is 0 Å². The fourth-order valence-electron chi connectivity index (χ4n) is 1.96. The highest BCUT2D eigenvalue weighted by Crippen LogP contribution is 2.12. The molecule has 1 aromatic heterocycles. The van der Waals surface area contributed by atoms with Crippen LogP contribution in [0.25, 0.3) is 0 Å². The Kier molecular flexibility index (Phi) is 5.21. The highest BCUT2D eigenvalue weighted by molar-refractivity contribution is 7.92. The minimum Gasteiger partial charge on any atom is -0.469 e. The van der Waals surface area contributed by atoms with Crippen LogP contribution < -0.4 is 10.0 Å². The first-order valence-electron chi connectivity index (χ1n) is 6.82. The molecule has 1 aromatic carbocycles. The van der Waals surface area contributed by atoms with Gasteiger partial charge in [-0.1, -0.05) is 6.07 Å². The van der Waals surface area contributed by atoms with E-state index in [0.717, 1.165) is 24.9 Å². The summed E-state index contributed by atoms with van der Waals surface area (Å²) in [5.41, 5.74) is 0.775. The number of aryl methyl sites for hydroxylation is 1. The average molecular weight is 322 g/mol. The molecule has 22 heavy (non-hydrogen) atoms. The molecule has 1 heterocycles. The molecule has 0 bridgehead atoms. The van der Waals surface area contributed by atoms with Crippen molar-refractivity contribution in [2.45, 2.75) is 12.8 Å². The van der Waals surface area contributed by atoms with Crippen LogP contribution in [-0.4, -0.2) is 27.1 Å². The highest BCUT2D eigenvalue weighted by Gasteiger charge is 2.08. The molecule has 0 unspecified atom stereocenters. The lowest BCUT2D eigenvalue weighted by molar-refractivity contribution is 0.0953. The molecule has 118 valence electrons. The van der Waals surface area contributed by atoms with Crippen LogP contribution in [0.3, 0.4) is 0 Å². The second-order valence-electron chi connectivity index (χ2n) is 4.89. The van der Waals surface area contributed by atoms with Crippen molar-refractivity contribution in [2.24, 2.45) is 0 Å². The number of benzene rings is 1. The van der Waals surface area contributed by atoms with Crippen molar-refractivity contribution in [1.82, 2.24) is 5.32 Å². The van der Waals surface area contributed by atoms with Crippen molar-refractivity contribution in [1.29, 1.82) is 0 Å². The summed E-state index contributed by atoms with van der Waals surface area (Å²) in [7, 11) is -3.36. The minimum absolute atomic E-state index is 0.239. The van der Waals surface area contributed by atoms with Crippen LogP contribution in [-0.2, 0) is 16.4 Å². The smallest absolute Gasteiger partial charge is 0.251 e. The molecule has 0 atom stereocenters.